The van der Waals surface area contributed by atoms with Crippen molar-refractivity contribution in [2.75, 3.05) is 5.32 Å². The van der Waals surface area contributed by atoms with E-state index in [0.717, 1.165) is 19.3 Å². The smallest absolute Gasteiger partial charge is 0.385 e. The number of pyridine rings is 1. The third kappa shape index (κ3) is 4.14. The summed E-state index contributed by atoms with van der Waals surface area (Å²) >= 11 is 0. The lowest BCUT2D eigenvalue weighted by Gasteiger charge is -2.29. The van der Waals surface area contributed by atoms with Gasteiger partial charge in [-0.15, -0.1) is 0 Å². The molecule has 1 aliphatic carbocycles. The minimum Gasteiger partial charge on any atom is -0.385 e. The van der Waals surface area contributed by atoms with Crippen molar-refractivity contribution in [3.05, 3.63) is 53.2 Å². The van der Waals surface area contributed by atoms with Crippen LogP contribution in [0.25, 0.3) is 11.2 Å². The highest BCUT2D eigenvalue weighted by Gasteiger charge is 2.36. The number of rotatable bonds is 5. The Bertz CT molecular complexity index is 1120. The number of hydrogen-bond donors (Lipinski definition) is 2. The van der Waals surface area contributed by atoms with Gasteiger partial charge in [-0.3, -0.25) is 14.7 Å². The van der Waals surface area contributed by atoms with Crippen LogP contribution in [0.15, 0.2) is 36.4 Å². The molecule has 0 spiro atoms. The zero-order chi connectivity index (χ0) is 22.4. The van der Waals surface area contributed by atoms with E-state index in [-0.39, 0.29) is 29.6 Å². The number of carbonyl (C=O) groups excluding carboxylic acids is 1. The van der Waals surface area contributed by atoms with E-state index in [9.17, 15) is 23.1 Å². The first-order valence-corrected chi connectivity index (χ1v) is 10.1. The lowest BCUT2D eigenvalue weighted by Crippen LogP contribution is -2.30. The fourth-order valence-electron chi connectivity index (χ4n) is 3.86. The van der Waals surface area contributed by atoms with E-state index in [0.29, 0.717) is 11.1 Å². The first-order chi connectivity index (χ1) is 14.6. The van der Waals surface area contributed by atoms with Crippen molar-refractivity contribution in [2.24, 2.45) is 0 Å². The molecule has 2 heterocycles. The number of benzene rings is 1. The van der Waals surface area contributed by atoms with Crippen LogP contribution in [0.4, 0.5) is 19.1 Å². The number of imidazole rings is 1. The maximum absolute atomic E-state index is 13.4. The van der Waals surface area contributed by atoms with Gasteiger partial charge in [-0.05, 0) is 50.3 Å². The molecule has 6 nitrogen and oxygen atoms in total. The zero-order valence-electron chi connectivity index (χ0n) is 17.2. The molecular formula is C22H23F3N4O2. The standard InChI is InChI=1S/C22H23F3N4O2/c1-13-11-16-19(28-18(13)22(23,24)25)29(15-9-6-10-15)20(26-16)27-17(30)12-21(2,31)14-7-4-3-5-8-14/h3-5,7-8,11,15,31H,6,9-10,12H2,1-2H3,(H,26,27,30). The van der Waals surface area contributed by atoms with Crippen molar-refractivity contribution in [1.29, 1.82) is 0 Å². The van der Waals surface area contributed by atoms with E-state index < -0.39 is 23.4 Å². The Labute approximate surface area is 177 Å². The monoisotopic (exact) mass is 432 g/mol. The quantitative estimate of drug-likeness (QED) is 0.611. The van der Waals surface area contributed by atoms with Crippen LogP contribution in [0.1, 0.15) is 55.5 Å². The molecule has 1 aromatic carbocycles. The molecule has 9 heteroatoms. The number of fused-ring (bicyclic) bond motifs is 1. The van der Waals surface area contributed by atoms with E-state index >= 15 is 0 Å². The second-order valence-electron chi connectivity index (χ2n) is 8.25. The van der Waals surface area contributed by atoms with Gasteiger partial charge in [0.1, 0.15) is 11.2 Å². The normalized spacial score (nSPS) is 16.7. The molecule has 1 fully saturated rings. The molecule has 1 aliphatic rings. The Morgan fingerprint density at radius 3 is 2.48 bits per heavy atom. The summed E-state index contributed by atoms with van der Waals surface area (Å²) in [5, 5.41) is 13.4. The summed E-state index contributed by atoms with van der Waals surface area (Å²) < 4.78 is 41.7. The SMILES string of the molecule is Cc1cc2nc(NC(=O)CC(C)(O)c3ccccc3)n(C3CCC3)c2nc1C(F)(F)F. The Morgan fingerprint density at radius 2 is 1.90 bits per heavy atom. The molecule has 0 saturated heterocycles. The lowest BCUT2D eigenvalue weighted by atomic mass is 9.92. The molecule has 1 saturated carbocycles. The average molecular weight is 432 g/mol. The molecule has 1 unspecified atom stereocenters. The summed E-state index contributed by atoms with van der Waals surface area (Å²) in [6.45, 7) is 2.88. The number of amides is 1. The number of alkyl halides is 3. The molecular weight excluding hydrogens is 409 g/mol. The Kier molecular flexibility index (Phi) is 5.25. The number of halogens is 3. The molecule has 2 aromatic heterocycles. The predicted molar refractivity (Wildman–Crippen MR) is 109 cm³/mol. The van der Waals surface area contributed by atoms with Gasteiger partial charge in [0.05, 0.1) is 12.0 Å². The van der Waals surface area contributed by atoms with Crippen LogP contribution in [0.3, 0.4) is 0 Å². The second-order valence-corrected chi connectivity index (χ2v) is 8.25. The Balaban J connectivity index is 1.68. The largest absolute Gasteiger partial charge is 0.433 e. The fraction of sp³-hybridized carbons (Fsp3) is 0.409. The maximum Gasteiger partial charge on any atom is 0.433 e. The fourth-order valence-corrected chi connectivity index (χ4v) is 3.86. The number of aliphatic hydroxyl groups is 1. The number of hydrogen-bond acceptors (Lipinski definition) is 4. The summed E-state index contributed by atoms with van der Waals surface area (Å²) in [7, 11) is 0. The molecule has 31 heavy (non-hydrogen) atoms. The van der Waals surface area contributed by atoms with Crippen LogP contribution in [-0.2, 0) is 16.6 Å². The van der Waals surface area contributed by atoms with Crippen LogP contribution in [0.5, 0.6) is 0 Å². The summed E-state index contributed by atoms with van der Waals surface area (Å²) in [5.74, 6) is -0.336. The first-order valence-electron chi connectivity index (χ1n) is 10.1. The van der Waals surface area contributed by atoms with E-state index in [1.54, 1.807) is 28.8 Å². The maximum atomic E-state index is 13.4. The van der Waals surface area contributed by atoms with Crippen molar-refractivity contribution >= 4 is 23.0 Å². The molecule has 1 amide bonds. The molecule has 0 radical (unpaired) electrons. The van der Waals surface area contributed by atoms with E-state index in [1.165, 1.54) is 19.9 Å². The van der Waals surface area contributed by atoms with Crippen LogP contribution in [0, 0.1) is 6.92 Å². The van der Waals surface area contributed by atoms with Crippen LogP contribution < -0.4 is 5.32 Å². The van der Waals surface area contributed by atoms with Gasteiger partial charge in [-0.2, -0.15) is 13.2 Å². The number of aryl methyl sites for hydroxylation is 1. The van der Waals surface area contributed by atoms with Crippen molar-refractivity contribution in [3.63, 3.8) is 0 Å². The van der Waals surface area contributed by atoms with Gasteiger partial charge in [0.15, 0.2) is 5.65 Å². The highest BCUT2D eigenvalue weighted by Crippen LogP contribution is 2.39. The lowest BCUT2D eigenvalue weighted by molar-refractivity contribution is -0.141. The predicted octanol–water partition coefficient (Wildman–Crippen LogP) is 4.72. The number of nitrogens with zero attached hydrogens (tertiary/aromatic N) is 3. The molecule has 0 bridgehead atoms. The Morgan fingerprint density at radius 1 is 1.23 bits per heavy atom. The van der Waals surface area contributed by atoms with Crippen molar-refractivity contribution in [2.45, 2.75) is 57.3 Å². The van der Waals surface area contributed by atoms with Crippen molar-refractivity contribution < 1.29 is 23.1 Å². The van der Waals surface area contributed by atoms with Gasteiger partial charge in [0, 0.05) is 6.04 Å². The summed E-state index contributed by atoms with van der Waals surface area (Å²) in [6, 6.07) is 10.1. The average Bonchev–Trinajstić information content (AvgIpc) is 2.95. The minimum absolute atomic E-state index is 0.0249. The summed E-state index contributed by atoms with van der Waals surface area (Å²) in [5.41, 5.74) is -1.40. The van der Waals surface area contributed by atoms with Gasteiger partial charge in [0.25, 0.3) is 0 Å². The second kappa shape index (κ2) is 7.64. The highest BCUT2D eigenvalue weighted by molar-refractivity contribution is 5.92. The Hall–Kier alpha value is -2.94. The van der Waals surface area contributed by atoms with E-state index in [1.807, 2.05) is 6.07 Å². The van der Waals surface area contributed by atoms with Gasteiger partial charge >= 0.3 is 6.18 Å². The molecule has 3 aromatic rings. The van der Waals surface area contributed by atoms with Gasteiger partial charge < -0.3 is 5.11 Å². The van der Waals surface area contributed by atoms with E-state index in [4.69, 9.17) is 0 Å². The van der Waals surface area contributed by atoms with Crippen LogP contribution in [-0.4, -0.2) is 25.5 Å². The van der Waals surface area contributed by atoms with Gasteiger partial charge in [-0.1, -0.05) is 30.3 Å². The van der Waals surface area contributed by atoms with Gasteiger partial charge in [-0.25, -0.2) is 9.97 Å². The van der Waals surface area contributed by atoms with Crippen LogP contribution >= 0.6 is 0 Å². The third-order valence-electron chi connectivity index (χ3n) is 5.72. The summed E-state index contributed by atoms with van der Waals surface area (Å²) in [4.78, 5) is 21.0. The highest BCUT2D eigenvalue weighted by atomic mass is 19.4. The third-order valence-corrected chi connectivity index (χ3v) is 5.72. The van der Waals surface area contributed by atoms with E-state index in [2.05, 4.69) is 15.3 Å². The number of nitrogens with one attached hydrogen (secondary N) is 1. The molecule has 164 valence electrons. The summed E-state index contributed by atoms with van der Waals surface area (Å²) in [6.07, 6.45) is -2.33. The van der Waals surface area contributed by atoms with Crippen molar-refractivity contribution in [3.8, 4) is 0 Å². The minimum atomic E-state index is -4.58. The number of carbonyl (C=O) groups is 1. The van der Waals surface area contributed by atoms with Crippen LogP contribution in [0.2, 0.25) is 0 Å². The topological polar surface area (TPSA) is 80.0 Å². The zero-order valence-corrected chi connectivity index (χ0v) is 17.2. The number of anilines is 1. The molecule has 1 atom stereocenters. The number of aromatic nitrogens is 3. The van der Waals surface area contributed by atoms with Crippen molar-refractivity contribution in [1.82, 2.24) is 14.5 Å². The molecule has 4 rings (SSSR count). The first kappa shape index (κ1) is 21.3. The molecule has 0 aliphatic heterocycles. The van der Waals surface area contributed by atoms with Gasteiger partial charge in [0.2, 0.25) is 11.9 Å². The molecule has 2 N–H and O–H groups in total.